The summed E-state index contributed by atoms with van der Waals surface area (Å²) in [5.74, 6) is 5.60. The van der Waals surface area contributed by atoms with Gasteiger partial charge >= 0.3 is 0 Å². The van der Waals surface area contributed by atoms with Crippen LogP contribution in [0.2, 0.25) is 0 Å². The van der Waals surface area contributed by atoms with Gasteiger partial charge in [0, 0.05) is 7.11 Å². The first-order valence-corrected chi connectivity index (χ1v) is 3.31. The van der Waals surface area contributed by atoms with Gasteiger partial charge in [-0.1, -0.05) is 12.1 Å². The highest BCUT2D eigenvalue weighted by atomic mass is 16.6. The molecule has 0 fully saturated rings. The Morgan fingerprint density at radius 3 is 2.36 bits per heavy atom. The average Bonchev–Trinajstić information content (AvgIpc) is 2.07. The fourth-order valence-electron chi connectivity index (χ4n) is 0.831. The van der Waals surface area contributed by atoms with E-state index in [1.807, 2.05) is 12.1 Å². The Labute approximate surface area is 65.7 Å². The number of methoxy groups -OCH3 is 1. The van der Waals surface area contributed by atoms with Crippen LogP contribution in [0.3, 0.4) is 0 Å². The highest BCUT2D eigenvalue weighted by Gasteiger charge is 1.92. The second-order valence-electron chi connectivity index (χ2n) is 2.19. The third-order valence-corrected chi connectivity index (χ3v) is 1.37. The molecule has 3 nitrogen and oxygen atoms in total. The van der Waals surface area contributed by atoms with Gasteiger partial charge in [0.05, 0.1) is 6.61 Å². The van der Waals surface area contributed by atoms with Crippen LogP contribution in [0, 0.1) is 0 Å². The number of hydrogen-bond donors (Lipinski definition) is 1. The molecule has 0 aromatic heterocycles. The summed E-state index contributed by atoms with van der Waals surface area (Å²) in [5.41, 5.74) is 1.10. The van der Waals surface area contributed by atoms with Crippen LogP contribution in [-0.4, -0.2) is 7.11 Å². The molecule has 0 saturated carbocycles. The molecular weight excluding hydrogens is 142 g/mol. The van der Waals surface area contributed by atoms with Gasteiger partial charge in [-0.15, -0.1) is 0 Å². The van der Waals surface area contributed by atoms with Gasteiger partial charge in [0.1, 0.15) is 5.75 Å². The minimum atomic E-state index is 0.616. The molecule has 0 aliphatic heterocycles. The molecule has 0 heterocycles. The molecular formula is C8H11NO2. The van der Waals surface area contributed by atoms with E-state index >= 15 is 0 Å². The van der Waals surface area contributed by atoms with Crippen LogP contribution in [0.4, 0.5) is 0 Å². The summed E-state index contributed by atoms with van der Waals surface area (Å²) >= 11 is 0. The Bertz CT molecular complexity index is 208. The Kier molecular flexibility index (Phi) is 2.89. The summed E-state index contributed by atoms with van der Waals surface area (Å²) < 4.78 is 4.93. The van der Waals surface area contributed by atoms with Crippen LogP contribution in [-0.2, 0) is 11.3 Å². The molecule has 0 saturated heterocycles. The molecule has 0 aliphatic carbocycles. The lowest BCUT2D eigenvalue weighted by Gasteiger charge is -2.00. The fourth-order valence-corrected chi connectivity index (χ4v) is 0.831. The quantitative estimate of drug-likeness (QED) is 0.661. The molecule has 3 heteroatoms. The maximum Gasteiger partial charge on any atom is 0.146 e. The lowest BCUT2D eigenvalue weighted by atomic mass is 10.2. The first kappa shape index (κ1) is 8.04. The number of rotatable bonds is 3. The van der Waals surface area contributed by atoms with Gasteiger partial charge in [-0.25, -0.2) is 0 Å². The van der Waals surface area contributed by atoms with E-state index in [4.69, 9.17) is 10.6 Å². The van der Waals surface area contributed by atoms with Crippen molar-refractivity contribution in [1.82, 2.24) is 0 Å². The molecule has 0 aliphatic rings. The average molecular weight is 153 g/mol. The highest BCUT2D eigenvalue weighted by Crippen LogP contribution is 2.10. The minimum Gasteiger partial charge on any atom is -0.412 e. The van der Waals surface area contributed by atoms with Crippen molar-refractivity contribution in [2.45, 2.75) is 6.61 Å². The predicted octanol–water partition coefficient (Wildman–Crippen LogP) is 1.09. The van der Waals surface area contributed by atoms with Crippen molar-refractivity contribution in [3.8, 4) is 5.75 Å². The summed E-state index contributed by atoms with van der Waals surface area (Å²) in [6.07, 6.45) is 0. The van der Waals surface area contributed by atoms with E-state index in [9.17, 15) is 0 Å². The van der Waals surface area contributed by atoms with Crippen molar-refractivity contribution < 1.29 is 9.57 Å². The standard InChI is InChI=1S/C8H11NO2/c1-10-6-7-2-4-8(11-9)5-3-7/h2-5H,6,9H2,1H3. The first-order chi connectivity index (χ1) is 5.36. The Balaban J connectivity index is 2.66. The van der Waals surface area contributed by atoms with Crippen LogP contribution in [0.5, 0.6) is 5.75 Å². The van der Waals surface area contributed by atoms with Gasteiger partial charge < -0.3 is 9.57 Å². The summed E-state index contributed by atoms with van der Waals surface area (Å²) in [7, 11) is 1.66. The van der Waals surface area contributed by atoms with E-state index in [1.165, 1.54) is 0 Å². The van der Waals surface area contributed by atoms with Gasteiger partial charge in [0.25, 0.3) is 0 Å². The monoisotopic (exact) mass is 153 g/mol. The van der Waals surface area contributed by atoms with Crippen LogP contribution in [0.25, 0.3) is 0 Å². The molecule has 2 N–H and O–H groups in total. The fraction of sp³-hybridized carbons (Fsp3) is 0.250. The molecule has 0 radical (unpaired) electrons. The van der Waals surface area contributed by atoms with Crippen LogP contribution in [0.1, 0.15) is 5.56 Å². The zero-order valence-corrected chi connectivity index (χ0v) is 6.41. The van der Waals surface area contributed by atoms with Crippen molar-refractivity contribution >= 4 is 0 Å². The molecule has 0 unspecified atom stereocenters. The van der Waals surface area contributed by atoms with Gasteiger partial charge in [-0.05, 0) is 17.7 Å². The summed E-state index contributed by atoms with van der Waals surface area (Å²) in [6, 6.07) is 7.42. The zero-order valence-electron chi connectivity index (χ0n) is 6.41. The van der Waals surface area contributed by atoms with Gasteiger partial charge in [-0.3, -0.25) is 0 Å². The van der Waals surface area contributed by atoms with E-state index in [2.05, 4.69) is 4.84 Å². The second-order valence-corrected chi connectivity index (χ2v) is 2.19. The van der Waals surface area contributed by atoms with Crippen molar-refractivity contribution in [2.75, 3.05) is 7.11 Å². The van der Waals surface area contributed by atoms with E-state index in [-0.39, 0.29) is 0 Å². The van der Waals surface area contributed by atoms with E-state index in [1.54, 1.807) is 19.2 Å². The molecule has 0 bridgehead atoms. The van der Waals surface area contributed by atoms with Crippen molar-refractivity contribution in [1.29, 1.82) is 0 Å². The number of ether oxygens (including phenoxy) is 1. The van der Waals surface area contributed by atoms with Crippen LogP contribution in [0.15, 0.2) is 24.3 Å². The molecule has 60 valence electrons. The van der Waals surface area contributed by atoms with Crippen molar-refractivity contribution in [2.24, 2.45) is 5.90 Å². The first-order valence-electron chi connectivity index (χ1n) is 3.31. The van der Waals surface area contributed by atoms with E-state index in [0.29, 0.717) is 12.4 Å². The van der Waals surface area contributed by atoms with Gasteiger partial charge in [-0.2, -0.15) is 5.90 Å². The Hall–Kier alpha value is -1.06. The topological polar surface area (TPSA) is 44.5 Å². The third kappa shape index (κ3) is 2.22. The summed E-state index contributed by atoms with van der Waals surface area (Å²) in [5, 5.41) is 0. The predicted molar refractivity (Wildman–Crippen MR) is 42.0 cm³/mol. The van der Waals surface area contributed by atoms with Crippen molar-refractivity contribution in [3.05, 3.63) is 29.8 Å². The lowest BCUT2D eigenvalue weighted by molar-refractivity contribution is 0.185. The number of nitrogens with two attached hydrogens (primary N) is 1. The zero-order chi connectivity index (χ0) is 8.10. The third-order valence-electron chi connectivity index (χ3n) is 1.37. The van der Waals surface area contributed by atoms with Crippen LogP contribution >= 0.6 is 0 Å². The number of benzene rings is 1. The molecule has 0 amide bonds. The maximum absolute atomic E-state index is 4.94. The normalized spacial score (nSPS) is 9.64. The van der Waals surface area contributed by atoms with E-state index in [0.717, 1.165) is 5.56 Å². The Morgan fingerprint density at radius 1 is 1.27 bits per heavy atom. The minimum absolute atomic E-state index is 0.616. The number of hydrogen-bond acceptors (Lipinski definition) is 3. The molecule has 1 aromatic rings. The SMILES string of the molecule is COCc1ccc(ON)cc1. The molecule has 0 spiro atoms. The van der Waals surface area contributed by atoms with Gasteiger partial charge in [0.2, 0.25) is 0 Å². The summed E-state index contributed by atoms with van der Waals surface area (Å²) in [6.45, 7) is 0.616. The van der Waals surface area contributed by atoms with E-state index < -0.39 is 0 Å². The molecule has 1 rings (SSSR count). The Morgan fingerprint density at radius 2 is 1.91 bits per heavy atom. The molecule has 0 atom stereocenters. The van der Waals surface area contributed by atoms with Crippen LogP contribution < -0.4 is 10.7 Å². The smallest absolute Gasteiger partial charge is 0.146 e. The maximum atomic E-state index is 4.94. The lowest BCUT2D eigenvalue weighted by Crippen LogP contribution is -2.01. The largest absolute Gasteiger partial charge is 0.412 e. The second kappa shape index (κ2) is 3.95. The van der Waals surface area contributed by atoms with Crippen molar-refractivity contribution in [3.63, 3.8) is 0 Å². The molecule has 1 aromatic carbocycles. The summed E-state index contributed by atoms with van der Waals surface area (Å²) in [4.78, 5) is 4.51. The highest BCUT2D eigenvalue weighted by molar-refractivity contribution is 5.26. The van der Waals surface area contributed by atoms with Gasteiger partial charge in [0.15, 0.2) is 0 Å². The molecule has 11 heavy (non-hydrogen) atoms.